The molecule has 0 unspecified atom stereocenters. The number of alkyl carbamates (subject to hydrolysis) is 1. The molecule has 0 aromatic carbocycles. The molecule has 0 fully saturated rings. The maximum absolute atomic E-state index is 11.1. The maximum Gasteiger partial charge on any atom is 0.407 e. The minimum absolute atomic E-state index is 0.253. The van der Waals surface area contributed by atoms with Gasteiger partial charge in [0.05, 0.1) is 0 Å². The van der Waals surface area contributed by atoms with Gasteiger partial charge in [-0.3, -0.25) is 4.79 Å². The van der Waals surface area contributed by atoms with E-state index < -0.39 is 23.7 Å². The Morgan fingerprint density at radius 2 is 1.75 bits per heavy atom. The van der Waals surface area contributed by atoms with Crippen molar-refractivity contribution in [3.05, 3.63) is 0 Å². The summed E-state index contributed by atoms with van der Waals surface area (Å²) >= 11 is 0. The van der Waals surface area contributed by atoms with Crippen molar-refractivity contribution >= 4 is 12.0 Å². The Morgan fingerprint density at radius 1 is 1.25 bits per heavy atom. The third kappa shape index (κ3) is 8.05. The van der Waals surface area contributed by atoms with Crippen LogP contribution in [0.15, 0.2) is 0 Å². The van der Waals surface area contributed by atoms with E-state index in [-0.39, 0.29) is 13.1 Å². The normalized spacial score (nSPS) is 12.8. The summed E-state index contributed by atoms with van der Waals surface area (Å²) < 4.78 is 4.98. The average molecular weight is 232 g/mol. The van der Waals surface area contributed by atoms with Gasteiger partial charge in [0.2, 0.25) is 5.91 Å². The van der Waals surface area contributed by atoms with Crippen molar-refractivity contribution < 1.29 is 19.4 Å². The Balaban J connectivity index is 3.60. The Bertz CT molecular complexity index is 246. The van der Waals surface area contributed by atoms with Gasteiger partial charge < -0.3 is 20.5 Å². The molecule has 0 aromatic heterocycles. The second kappa shape index (κ2) is 6.32. The Hall–Kier alpha value is -1.30. The van der Waals surface area contributed by atoms with Gasteiger partial charge in [-0.1, -0.05) is 0 Å². The number of rotatable bonds is 4. The van der Waals surface area contributed by atoms with Gasteiger partial charge in [0.15, 0.2) is 0 Å². The van der Waals surface area contributed by atoms with Crippen LogP contribution in [-0.2, 0) is 9.53 Å². The van der Waals surface area contributed by atoms with E-state index in [0.29, 0.717) is 0 Å². The predicted octanol–water partition coefficient (Wildman–Crippen LogP) is 0.00810. The van der Waals surface area contributed by atoms with Crippen molar-refractivity contribution in [1.29, 1.82) is 0 Å². The van der Waals surface area contributed by atoms with Crippen LogP contribution < -0.4 is 10.6 Å². The molecule has 0 bridgehead atoms. The van der Waals surface area contributed by atoms with Crippen LogP contribution in [0.2, 0.25) is 0 Å². The number of aliphatic hydroxyl groups is 1. The van der Waals surface area contributed by atoms with Gasteiger partial charge in [-0.15, -0.1) is 0 Å². The summed E-state index contributed by atoms with van der Waals surface area (Å²) in [6, 6.07) is 0. The fourth-order valence-electron chi connectivity index (χ4n) is 0.812. The standard InChI is InChI=1S/C10H20N2O4/c1-7(13)8(14)11-5-6-12-9(15)16-10(2,3)4/h7,13H,5-6H2,1-4H3,(H,11,14)(H,12,15)/t7-/m1/s1. The first-order valence-electron chi connectivity index (χ1n) is 5.15. The molecule has 0 aromatic rings. The molecule has 2 amide bonds. The second-order valence-electron chi connectivity index (χ2n) is 4.40. The minimum Gasteiger partial charge on any atom is -0.444 e. The molecular formula is C10H20N2O4. The SMILES string of the molecule is C[C@@H](O)C(=O)NCCNC(=O)OC(C)(C)C. The summed E-state index contributed by atoms with van der Waals surface area (Å²) in [6.07, 6.45) is -1.57. The zero-order valence-electron chi connectivity index (χ0n) is 10.2. The smallest absolute Gasteiger partial charge is 0.407 e. The summed E-state index contributed by atoms with van der Waals surface area (Å²) in [7, 11) is 0. The van der Waals surface area contributed by atoms with Gasteiger partial charge in [0.1, 0.15) is 11.7 Å². The van der Waals surface area contributed by atoms with Gasteiger partial charge in [0, 0.05) is 13.1 Å². The van der Waals surface area contributed by atoms with Gasteiger partial charge in [-0.2, -0.15) is 0 Å². The number of carbonyl (C=O) groups excluding carboxylic acids is 2. The van der Waals surface area contributed by atoms with Crippen LogP contribution in [0.3, 0.4) is 0 Å². The first-order valence-corrected chi connectivity index (χ1v) is 5.15. The molecule has 6 nitrogen and oxygen atoms in total. The molecule has 0 saturated heterocycles. The summed E-state index contributed by atoms with van der Waals surface area (Å²) in [5, 5.41) is 13.8. The van der Waals surface area contributed by atoms with Crippen LogP contribution in [0.1, 0.15) is 27.7 Å². The molecule has 0 aliphatic rings. The molecule has 0 aliphatic heterocycles. The van der Waals surface area contributed by atoms with Crippen molar-refractivity contribution in [2.45, 2.75) is 39.4 Å². The highest BCUT2D eigenvalue weighted by atomic mass is 16.6. The summed E-state index contributed by atoms with van der Waals surface area (Å²) in [6.45, 7) is 7.18. The number of carbonyl (C=O) groups is 2. The lowest BCUT2D eigenvalue weighted by molar-refractivity contribution is -0.128. The van der Waals surface area contributed by atoms with Gasteiger partial charge in [0.25, 0.3) is 0 Å². The fraction of sp³-hybridized carbons (Fsp3) is 0.800. The molecular weight excluding hydrogens is 212 g/mol. The lowest BCUT2D eigenvalue weighted by Crippen LogP contribution is -2.40. The van der Waals surface area contributed by atoms with Crippen LogP contribution in [-0.4, -0.2) is 41.9 Å². The van der Waals surface area contributed by atoms with E-state index >= 15 is 0 Å². The van der Waals surface area contributed by atoms with Crippen LogP contribution in [0.25, 0.3) is 0 Å². The molecule has 94 valence electrons. The van der Waals surface area contributed by atoms with Gasteiger partial charge in [-0.05, 0) is 27.7 Å². The third-order valence-corrected chi connectivity index (χ3v) is 1.47. The Labute approximate surface area is 95.4 Å². The number of hydrogen-bond acceptors (Lipinski definition) is 4. The number of aliphatic hydroxyl groups excluding tert-OH is 1. The highest BCUT2D eigenvalue weighted by Gasteiger charge is 2.15. The molecule has 0 saturated carbocycles. The zero-order chi connectivity index (χ0) is 12.8. The monoisotopic (exact) mass is 232 g/mol. The molecule has 16 heavy (non-hydrogen) atoms. The highest BCUT2D eigenvalue weighted by molar-refractivity contribution is 5.80. The van der Waals surface area contributed by atoms with E-state index in [1.807, 2.05) is 0 Å². The zero-order valence-corrected chi connectivity index (χ0v) is 10.2. The second-order valence-corrected chi connectivity index (χ2v) is 4.40. The minimum atomic E-state index is -1.04. The van der Waals surface area contributed by atoms with E-state index in [1.54, 1.807) is 20.8 Å². The van der Waals surface area contributed by atoms with Crippen LogP contribution in [0, 0.1) is 0 Å². The molecule has 3 N–H and O–H groups in total. The molecule has 0 spiro atoms. The average Bonchev–Trinajstić information content (AvgIpc) is 2.08. The molecule has 0 aliphatic carbocycles. The maximum atomic E-state index is 11.1. The van der Waals surface area contributed by atoms with Crippen LogP contribution >= 0.6 is 0 Å². The van der Waals surface area contributed by atoms with E-state index in [9.17, 15) is 9.59 Å². The number of nitrogens with one attached hydrogen (secondary N) is 2. The van der Waals surface area contributed by atoms with Crippen molar-refractivity contribution in [2.24, 2.45) is 0 Å². The first-order chi connectivity index (χ1) is 7.22. The van der Waals surface area contributed by atoms with Crippen molar-refractivity contribution in [2.75, 3.05) is 13.1 Å². The summed E-state index contributed by atoms with van der Waals surface area (Å²) in [4.78, 5) is 22.1. The number of hydrogen-bond donors (Lipinski definition) is 3. The third-order valence-electron chi connectivity index (χ3n) is 1.47. The molecule has 0 heterocycles. The van der Waals surface area contributed by atoms with E-state index in [2.05, 4.69) is 10.6 Å². The molecule has 1 atom stereocenters. The summed E-state index contributed by atoms with van der Waals surface area (Å²) in [5.41, 5.74) is -0.535. The number of amides is 2. The highest BCUT2D eigenvalue weighted by Crippen LogP contribution is 2.05. The predicted molar refractivity (Wildman–Crippen MR) is 58.9 cm³/mol. The Kier molecular flexibility index (Phi) is 5.81. The van der Waals surface area contributed by atoms with Gasteiger partial charge in [-0.25, -0.2) is 4.79 Å². The van der Waals surface area contributed by atoms with Crippen LogP contribution in [0.4, 0.5) is 4.79 Å². The van der Waals surface area contributed by atoms with Crippen LogP contribution in [0.5, 0.6) is 0 Å². The molecule has 0 radical (unpaired) electrons. The van der Waals surface area contributed by atoms with E-state index in [0.717, 1.165) is 0 Å². The Morgan fingerprint density at radius 3 is 2.19 bits per heavy atom. The fourth-order valence-corrected chi connectivity index (χ4v) is 0.812. The topological polar surface area (TPSA) is 87.7 Å². The number of ether oxygens (including phenoxy) is 1. The first kappa shape index (κ1) is 14.7. The largest absolute Gasteiger partial charge is 0.444 e. The quantitative estimate of drug-likeness (QED) is 0.596. The molecule has 0 rings (SSSR count). The van der Waals surface area contributed by atoms with Gasteiger partial charge >= 0.3 is 6.09 Å². The van der Waals surface area contributed by atoms with E-state index in [1.165, 1.54) is 6.92 Å². The van der Waals surface area contributed by atoms with Crippen molar-refractivity contribution in [1.82, 2.24) is 10.6 Å². The van der Waals surface area contributed by atoms with Crippen molar-refractivity contribution in [3.8, 4) is 0 Å². The lowest BCUT2D eigenvalue weighted by atomic mass is 10.2. The van der Waals surface area contributed by atoms with E-state index in [4.69, 9.17) is 9.84 Å². The van der Waals surface area contributed by atoms with Crippen molar-refractivity contribution in [3.63, 3.8) is 0 Å². The lowest BCUT2D eigenvalue weighted by Gasteiger charge is -2.19. The summed E-state index contributed by atoms with van der Waals surface area (Å²) in [5.74, 6) is -0.467. The molecule has 6 heteroatoms.